The van der Waals surface area contributed by atoms with E-state index in [2.05, 4.69) is 28.5 Å². The van der Waals surface area contributed by atoms with Crippen molar-refractivity contribution in [1.82, 2.24) is 15.4 Å². The minimum atomic E-state index is -0.321. The molecule has 4 rings (SSSR count). The van der Waals surface area contributed by atoms with Gasteiger partial charge in [0.15, 0.2) is 11.5 Å². The van der Waals surface area contributed by atoms with Crippen molar-refractivity contribution < 1.29 is 19.5 Å². The van der Waals surface area contributed by atoms with Gasteiger partial charge in [-0.2, -0.15) is 0 Å². The molecule has 1 amide bonds. The average molecular weight is 442 g/mol. The zero-order valence-electron chi connectivity index (χ0n) is 18.2. The summed E-state index contributed by atoms with van der Waals surface area (Å²) < 4.78 is 5.66. The summed E-state index contributed by atoms with van der Waals surface area (Å²) in [6.07, 6.45) is 0.954. The summed E-state index contributed by atoms with van der Waals surface area (Å²) in [6.45, 7) is 8.07. The Hall–Kier alpha value is -2.84. The van der Waals surface area contributed by atoms with Crippen LogP contribution in [0.3, 0.4) is 0 Å². The van der Waals surface area contributed by atoms with Gasteiger partial charge in [0.1, 0.15) is 11.5 Å². The Morgan fingerprint density at radius 3 is 2.77 bits per heavy atom. The zero-order valence-corrected chi connectivity index (χ0v) is 19.0. The summed E-state index contributed by atoms with van der Waals surface area (Å²) >= 11 is 1.64. The van der Waals surface area contributed by atoms with Gasteiger partial charge in [0, 0.05) is 35.5 Å². The highest BCUT2D eigenvalue weighted by atomic mass is 32.1. The van der Waals surface area contributed by atoms with E-state index in [1.54, 1.807) is 17.4 Å². The van der Waals surface area contributed by atoms with E-state index in [4.69, 9.17) is 4.52 Å². The van der Waals surface area contributed by atoms with Crippen LogP contribution in [0.2, 0.25) is 0 Å². The van der Waals surface area contributed by atoms with Crippen LogP contribution in [0.4, 0.5) is 0 Å². The van der Waals surface area contributed by atoms with Crippen LogP contribution in [0.1, 0.15) is 53.2 Å². The molecule has 3 N–H and O–H groups in total. The Labute approximate surface area is 185 Å². The number of thiophene rings is 1. The number of rotatable bonds is 5. The van der Waals surface area contributed by atoms with Gasteiger partial charge in [0.25, 0.3) is 5.91 Å². The Morgan fingerprint density at radius 2 is 2.06 bits per heavy atom. The third-order valence-electron chi connectivity index (χ3n) is 5.56. The second kappa shape index (κ2) is 8.36. The summed E-state index contributed by atoms with van der Waals surface area (Å²) in [5.41, 5.74) is 3.09. The van der Waals surface area contributed by atoms with Crippen molar-refractivity contribution in [3.8, 4) is 33.3 Å². The minimum Gasteiger partial charge on any atom is -0.508 e. The molecule has 3 aromatic rings. The first kappa shape index (κ1) is 21.4. The molecule has 1 aromatic carbocycles. The normalized spacial score (nSPS) is 14.1. The Kier molecular flexibility index (Phi) is 5.77. The minimum absolute atomic E-state index is 0.0240. The summed E-state index contributed by atoms with van der Waals surface area (Å²) in [6, 6.07) is 5.12. The molecule has 0 spiro atoms. The fraction of sp³-hybridized carbons (Fsp3) is 0.391. The molecular formula is C23H27N3O4S. The van der Waals surface area contributed by atoms with Crippen LogP contribution in [0.25, 0.3) is 21.8 Å². The molecule has 2 aromatic heterocycles. The second-order valence-corrected chi connectivity index (χ2v) is 9.36. The first-order valence-electron chi connectivity index (χ1n) is 10.4. The lowest BCUT2D eigenvalue weighted by Crippen LogP contribution is -2.25. The average Bonchev–Trinajstić information content (AvgIpc) is 3.31. The van der Waals surface area contributed by atoms with E-state index in [0.717, 1.165) is 24.4 Å². The molecule has 0 bridgehead atoms. The number of nitrogens with one attached hydrogen (secondary N) is 1. The molecule has 0 atom stereocenters. The molecule has 0 aliphatic carbocycles. The molecule has 0 saturated heterocycles. The van der Waals surface area contributed by atoms with E-state index in [1.807, 2.05) is 20.8 Å². The van der Waals surface area contributed by atoms with E-state index in [0.29, 0.717) is 29.0 Å². The van der Waals surface area contributed by atoms with E-state index >= 15 is 0 Å². The van der Waals surface area contributed by atoms with Gasteiger partial charge >= 0.3 is 0 Å². The number of aromatic nitrogens is 1. The number of amides is 1. The number of fused-ring (bicyclic) bond motifs is 1. The van der Waals surface area contributed by atoms with Gasteiger partial charge in [0.2, 0.25) is 0 Å². The number of hydrogen-bond donors (Lipinski definition) is 3. The molecule has 7 nitrogen and oxygen atoms in total. The van der Waals surface area contributed by atoms with Crippen LogP contribution >= 0.6 is 11.3 Å². The van der Waals surface area contributed by atoms with E-state index in [9.17, 15) is 15.0 Å². The molecule has 0 fully saturated rings. The second-order valence-electron chi connectivity index (χ2n) is 8.22. The number of likely N-dealkylation sites (N-methyl/N-ethyl adjacent to an activating group) is 1. The topological polar surface area (TPSA) is 98.8 Å². The molecular weight excluding hydrogens is 414 g/mol. The first-order chi connectivity index (χ1) is 14.8. The summed E-state index contributed by atoms with van der Waals surface area (Å²) in [5, 5.41) is 27.7. The Morgan fingerprint density at radius 1 is 1.29 bits per heavy atom. The highest BCUT2D eigenvalue weighted by molar-refractivity contribution is 7.15. The number of carbonyl (C=O) groups is 1. The SMILES string of the molecule is CCNC(=O)c1noc(-c2cc(C(C)C)c(O)cc2O)c1-c1cc2c(s1)CCN(C)C2. The summed E-state index contributed by atoms with van der Waals surface area (Å²) in [5.74, 6) is -0.0530. The Bertz CT molecular complexity index is 1130. The molecule has 164 valence electrons. The van der Waals surface area contributed by atoms with Gasteiger partial charge < -0.3 is 25.0 Å². The van der Waals surface area contributed by atoms with Gasteiger partial charge in [-0.15, -0.1) is 11.3 Å². The number of benzene rings is 1. The van der Waals surface area contributed by atoms with Crippen molar-refractivity contribution in [2.24, 2.45) is 0 Å². The maximum atomic E-state index is 12.8. The molecule has 3 heterocycles. The number of carbonyl (C=O) groups excluding carboxylic acids is 1. The van der Waals surface area contributed by atoms with Crippen molar-refractivity contribution in [1.29, 1.82) is 0 Å². The predicted molar refractivity (Wildman–Crippen MR) is 121 cm³/mol. The van der Waals surface area contributed by atoms with Gasteiger partial charge in [-0.05, 0) is 49.6 Å². The van der Waals surface area contributed by atoms with Crippen molar-refractivity contribution in [2.75, 3.05) is 20.1 Å². The molecule has 0 saturated carbocycles. The fourth-order valence-electron chi connectivity index (χ4n) is 3.94. The van der Waals surface area contributed by atoms with E-state index < -0.39 is 0 Å². The monoisotopic (exact) mass is 441 g/mol. The quantitative estimate of drug-likeness (QED) is 0.545. The van der Waals surface area contributed by atoms with Crippen LogP contribution in [0.5, 0.6) is 11.5 Å². The molecule has 31 heavy (non-hydrogen) atoms. The lowest BCUT2D eigenvalue weighted by atomic mass is 9.96. The van der Waals surface area contributed by atoms with Crippen LogP contribution < -0.4 is 5.32 Å². The lowest BCUT2D eigenvalue weighted by Gasteiger charge is -2.21. The lowest BCUT2D eigenvalue weighted by molar-refractivity contribution is 0.0947. The van der Waals surface area contributed by atoms with Crippen LogP contribution in [-0.2, 0) is 13.0 Å². The maximum absolute atomic E-state index is 12.8. The van der Waals surface area contributed by atoms with Crippen molar-refractivity contribution >= 4 is 17.2 Å². The highest BCUT2D eigenvalue weighted by Crippen LogP contribution is 2.45. The van der Waals surface area contributed by atoms with Gasteiger partial charge in [-0.25, -0.2) is 0 Å². The van der Waals surface area contributed by atoms with Gasteiger partial charge in [0.05, 0.1) is 11.1 Å². The number of hydrogen-bond acceptors (Lipinski definition) is 7. The van der Waals surface area contributed by atoms with Crippen molar-refractivity contribution in [3.63, 3.8) is 0 Å². The molecule has 1 aliphatic rings. The van der Waals surface area contributed by atoms with Crippen LogP contribution in [-0.4, -0.2) is 46.3 Å². The third-order valence-corrected chi connectivity index (χ3v) is 6.81. The van der Waals surface area contributed by atoms with Crippen molar-refractivity contribution in [2.45, 2.75) is 39.7 Å². The maximum Gasteiger partial charge on any atom is 0.274 e. The molecule has 0 unspecified atom stereocenters. The standard InChI is InChI=1S/C23H27N3O4S/c1-5-24-23(29)21-20(19-8-13-11-26(4)7-6-18(13)31-19)22(30-25-21)15-9-14(12(2)3)16(27)10-17(15)28/h8-10,12,27-28H,5-7,11H2,1-4H3,(H,24,29). The molecule has 8 heteroatoms. The summed E-state index contributed by atoms with van der Waals surface area (Å²) in [7, 11) is 2.09. The smallest absolute Gasteiger partial charge is 0.274 e. The van der Waals surface area contributed by atoms with Crippen LogP contribution in [0.15, 0.2) is 22.7 Å². The molecule has 1 aliphatic heterocycles. The fourth-order valence-corrected chi connectivity index (χ4v) is 5.14. The number of phenolic OH excluding ortho intramolecular Hbond substituents is 2. The first-order valence-corrected chi connectivity index (χ1v) is 11.3. The summed E-state index contributed by atoms with van der Waals surface area (Å²) in [4.78, 5) is 17.2. The van der Waals surface area contributed by atoms with E-state index in [1.165, 1.54) is 16.5 Å². The zero-order chi connectivity index (χ0) is 22.3. The Balaban J connectivity index is 1.92. The third kappa shape index (κ3) is 3.93. The number of nitrogens with zero attached hydrogens (tertiary/aromatic N) is 2. The molecule has 0 radical (unpaired) electrons. The highest BCUT2D eigenvalue weighted by Gasteiger charge is 2.29. The van der Waals surface area contributed by atoms with Gasteiger partial charge in [-0.3, -0.25) is 4.79 Å². The van der Waals surface area contributed by atoms with E-state index in [-0.39, 0.29) is 29.0 Å². The number of aromatic hydroxyl groups is 2. The van der Waals surface area contributed by atoms with Crippen LogP contribution in [0, 0.1) is 0 Å². The predicted octanol–water partition coefficient (Wildman–Crippen LogP) is 4.34. The van der Waals surface area contributed by atoms with Gasteiger partial charge in [-0.1, -0.05) is 19.0 Å². The largest absolute Gasteiger partial charge is 0.508 e. The van der Waals surface area contributed by atoms with Crippen molar-refractivity contribution in [3.05, 3.63) is 39.9 Å². The number of phenols is 2.